The summed E-state index contributed by atoms with van der Waals surface area (Å²) in [5.74, 6) is 1.78. The number of nitrogens with one attached hydrogen (secondary N) is 1. The largest absolute Gasteiger partial charge is 0.496 e. The Morgan fingerprint density at radius 2 is 2.12 bits per heavy atom. The molecule has 1 unspecified atom stereocenters. The smallest absolute Gasteiger partial charge is 0.224 e. The minimum absolute atomic E-state index is 0.0394. The topological polar surface area (TPSA) is 74.6 Å². The molecule has 1 aliphatic heterocycles. The highest BCUT2D eigenvalue weighted by atomic mass is 16.6. The van der Waals surface area contributed by atoms with Crippen molar-refractivity contribution in [1.29, 1.82) is 0 Å². The van der Waals surface area contributed by atoms with Gasteiger partial charge in [-0.25, -0.2) is 0 Å². The van der Waals surface area contributed by atoms with Gasteiger partial charge >= 0.3 is 0 Å². The zero-order valence-electron chi connectivity index (χ0n) is 13.8. The minimum atomic E-state index is -0.187. The van der Waals surface area contributed by atoms with Crippen LogP contribution in [-0.2, 0) is 17.9 Å². The van der Waals surface area contributed by atoms with E-state index in [9.17, 15) is 4.79 Å². The molecule has 2 aromatic rings. The lowest BCUT2D eigenvalue weighted by atomic mass is 10.1. The molecule has 0 fully saturated rings. The first kappa shape index (κ1) is 16.2. The van der Waals surface area contributed by atoms with Crippen molar-refractivity contribution in [3.63, 3.8) is 0 Å². The van der Waals surface area contributed by atoms with Crippen LogP contribution in [0.25, 0.3) is 0 Å². The fourth-order valence-corrected chi connectivity index (χ4v) is 2.57. The van der Waals surface area contributed by atoms with Gasteiger partial charge in [0.15, 0.2) is 11.5 Å². The van der Waals surface area contributed by atoms with Crippen molar-refractivity contribution in [3.8, 4) is 17.2 Å². The number of fused-ring (bicyclic) bond motifs is 1. The number of methoxy groups -OCH3 is 1. The van der Waals surface area contributed by atoms with E-state index in [2.05, 4.69) is 10.4 Å². The summed E-state index contributed by atoms with van der Waals surface area (Å²) >= 11 is 0. The second-order valence-electron chi connectivity index (χ2n) is 5.65. The zero-order valence-corrected chi connectivity index (χ0v) is 13.8. The van der Waals surface area contributed by atoms with E-state index in [1.165, 1.54) is 0 Å². The number of hydrogen-bond donors (Lipinski definition) is 1. The summed E-state index contributed by atoms with van der Waals surface area (Å²) in [7, 11) is 1.59. The number of carbonyl (C=O) groups excluding carboxylic acids is 1. The number of hydrogen-bond acceptors (Lipinski definition) is 5. The van der Waals surface area contributed by atoms with E-state index >= 15 is 0 Å². The lowest BCUT2D eigenvalue weighted by Gasteiger charge is -2.21. The monoisotopic (exact) mass is 331 g/mol. The average Bonchev–Trinajstić information content (AvgIpc) is 3.11. The van der Waals surface area contributed by atoms with Crippen molar-refractivity contribution in [1.82, 2.24) is 15.1 Å². The number of benzene rings is 1. The maximum absolute atomic E-state index is 12.3. The maximum Gasteiger partial charge on any atom is 0.224 e. The van der Waals surface area contributed by atoms with Crippen molar-refractivity contribution in [2.45, 2.75) is 20.0 Å². The van der Waals surface area contributed by atoms with Crippen LogP contribution in [-0.4, -0.2) is 36.0 Å². The Bertz CT molecular complexity index is 700. The van der Waals surface area contributed by atoms with Crippen molar-refractivity contribution < 1.29 is 19.0 Å². The van der Waals surface area contributed by atoms with Crippen molar-refractivity contribution in [2.75, 3.05) is 20.3 Å². The Kier molecular flexibility index (Phi) is 4.88. The molecule has 1 atom stereocenters. The fraction of sp³-hybridized carbons (Fsp3) is 0.412. The highest BCUT2D eigenvalue weighted by Crippen LogP contribution is 2.36. The van der Waals surface area contributed by atoms with Gasteiger partial charge in [0.05, 0.1) is 19.6 Å². The number of amides is 1. The van der Waals surface area contributed by atoms with Crippen LogP contribution in [0.3, 0.4) is 0 Å². The van der Waals surface area contributed by atoms with E-state index in [1.807, 2.05) is 25.3 Å². The van der Waals surface area contributed by atoms with E-state index in [0.717, 1.165) is 5.56 Å². The molecule has 1 aliphatic rings. The molecule has 2 heterocycles. The molecule has 0 aliphatic carbocycles. The van der Waals surface area contributed by atoms with E-state index in [1.54, 1.807) is 24.1 Å². The Morgan fingerprint density at radius 3 is 2.79 bits per heavy atom. The minimum Gasteiger partial charge on any atom is -0.496 e. The third-order valence-corrected chi connectivity index (χ3v) is 3.87. The van der Waals surface area contributed by atoms with Crippen molar-refractivity contribution >= 4 is 5.91 Å². The van der Waals surface area contributed by atoms with Gasteiger partial charge in [0.25, 0.3) is 0 Å². The average molecular weight is 331 g/mol. The first-order chi connectivity index (χ1) is 11.7. The van der Waals surface area contributed by atoms with Crippen LogP contribution in [0.2, 0.25) is 0 Å². The van der Waals surface area contributed by atoms with Gasteiger partial charge in [-0.15, -0.1) is 0 Å². The maximum atomic E-state index is 12.3. The molecular formula is C17H21N3O4. The summed E-state index contributed by atoms with van der Waals surface area (Å²) in [5, 5.41) is 7.05. The lowest BCUT2D eigenvalue weighted by Crippen LogP contribution is -2.31. The van der Waals surface area contributed by atoms with Crippen LogP contribution < -0.4 is 19.5 Å². The van der Waals surface area contributed by atoms with Crippen molar-refractivity contribution in [3.05, 3.63) is 36.2 Å². The van der Waals surface area contributed by atoms with E-state index in [0.29, 0.717) is 43.6 Å². The second kappa shape index (κ2) is 7.25. The summed E-state index contributed by atoms with van der Waals surface area (Å²) in [4.78, 5) is 12.3. The fourth-order valence-electron chi connectivity index (χ4n) is 2.57. The van der Waals surface area contributed by atoms with Gasteiger partial charge in [-0.2, -0.15) is 5.10 Å². The van der Waals surface area contributed by atoms with E-state index < -0.39 is 0 Å². The van der Waals surface area contributed by atoms with Gasteiger partial charge < -0.3 is 19.5 Å². The Morgan fingerprint density at radius 1 is 1.38 bits per heavy atom. The van der Waals surface area contributed by atoms with Gasteiger partial charge in [-0.05, 0) is 12.1 Å². The Labute approximate surface area is 140 Å². The third-order valence-electron chi connectivity index (χ3n) is 3.87. The van der Waals surface area contributed by atoms with Crippen LogP contribution in [0.1, 0.15) is 12.5 Å². The molecule has 0 spiro atoms. The molecule has 7 nitrogen and oxygen atoms in total. The SMILES string of the molecule is COc1cc2c(cc1CNC(=O)C(C)Cn1cccn1)OCCO2. The number of nitrogens with zero attached hydrogens (tertiary/aromatic N) is 2. The molecule has 0 saturated carbocycles. The first-order valence-electron chi connectivity index (χ1n) is 7.89. The van der Waals surface area contributed by atoms with Gasteiger partial charge in [-0.1, -0.05) is 6.92 Å². The van der Waals surface area contributed by atoms with E-state index in [4.69, 9.17) is 14.2 Å². The Balaban J connectivity index is 1.64. The van der Waals surface area contributed by atoms with Gasteiger partial charge in [-0.3, -0.25) is 9.48 Å². The molecule has 1 aromatic carbocycles. The number of aromatic nitrogens is 2. The number of ether oxygens (including phenoxy) is 3. The summed E-state index contributed by atoms with van der Waals surface area (Å²) in [6, 6.07) is 5.49. The second-order valence-corrected chi connectivity index (χ2v) is 5.65. The molecule has 3 rings (SSSR count). The molecule has 1 aromatic heterocycles. The number of rotatable bonds is 6. The normalized spacial score (nSPS) is 14.1. The molecule has 0 radical (unpaired) electrons. The zero-order chi connectivity index (χ0) is 16.9. The Hall–Kier alpha value is -2.70. The molecule has 0 saturated heterocycles. The summed E-state index contributed by atoms with van der Waals surface area (Å²) in [5.41, 5.74) is 0.849. The molecular weight excluding hydrogens is 310 g/mol. The molecule has 7 heteroatoms. The quantitative estimate of drug-likeness (QED) is 0.870. The molecule has 1 amide bonds. The molecule has 1 N–H and O–H groups in total. The van der Waals surface area contributed by atoms with E-state index in [-0.39, 0.29) is 11.8 Å². The summed E-state index contributed by atoms with van der Waals surface area (Å²) in [6.45, 7) is 3.82. The summed E-state index contributed by atoms with van der Waals surface area (Å²) in [6.07, 6.45) is 3.54. The summed E-state index contributed by atoms with van der Waals surface area (Å²) < 4.78 is 18.3. The highest BCUT2D eigenvalue weighted by molar-refractivity contribution is 5.78. The van der Waals surface area contributed by atoms with Gasteiger partial charge in [0, 0.05) is 30.6 Å². The molecule has 0 bridgehead atoms. The predicted octanol–water partition coefficient (Wildman–Crippen LogP) is 1.62. The van der Waals surface area contributed by atoms with Crippen LogP contribution in [0.4, 0.5) is 0 Å². The van der Waals surface area contributed by atoms with Crippen molar-refractivity contribution in [2.24, 2.45) is 5.92 Å². The standard InChI is InChI=1S/C17H21N3O4/c1-12(11-20-5-3-4-19-20)17(21)18-10-13-8-15-16(9-14(13)22-2)24-7-6-23-15/h3-5,8-9,12H,6-7,10-11H2,1-2H3,(H,18,21). The van der Waals surface area contributed by atoms with Crippen LogP contribution in [0.15, 0.2) is 30.6 Å². The van der Waals surface area contributed by atoms with Crippen LogP contribution in [0.5, 0.6) is 17.2 Å². The highest BCUT2D eigenvalue weighted by Gasteiger charge is 2.18. The van der Waals surface area contributed by atoms with Crippen LogP contribution >= 0.6 is 0 Å². The first-order valence-corrected chi connectivity index (χ1v) is 7.89. The number of carbonyl (C=O) groups is 1. The lowest BCUT2D eigenvalue weighted by molar-refractivity contribution is -0.125. The predicted molar refractivity (Wildman–Crippen MR) is 87.2 cm³/mol. The van der Waals surface area contributed by atoms with Gasteiger partial charge in [0.2, 0.25) is 5.91 Å². The molecule has 24 heavy (non-hydrogen) atoms. The molecule has 128 valence electrons. The third kappa shape index (κ3) is 3.61. The van der Waals surface area contributed by atoms with Gasteiger partial charge in [0.1, 0.15) is 19.0 Å². The van der Waals surface area contributed by atoms with Crippen LogP contribution in [0, 0.1) is 5.92 Å².